The van der Waals surface area contributed by atoms with Crippen LogP contribution >= 0.6 is 12.4 Å². The average Bonchev–Trinajstić information content (AvgIpc) is 2.45. The van der Waals surface area contributed by atoms with Crippen LogP contribution in [0.4, 0.5) is 23.2 Å². The Balaban J connectivity index is 0.00000288. The van der Waals surface area contributed by atoms with Crippen LogP contribution < -0.4 is 10.5 Å². The van der Waals surface area contributed by atoms with Crippen LogP contribution in [0.2, 0.25) is 0 Å². The van der Waals surface area contributed by atoms with Crippen molar-refractivity contribution in [3.63, 3.8) is 0 Å². The van der Waals surface area contributed by atoms with Crippen molar-refractivity contribution < 1.29 is 27.2 Å². The molecule has 5 nitrogen and oxygen atoms in total. The molecule has 2 aromatic carbocycles. The minimum Gasteiger partial charge on any atom is -0.406 e. The van der Waals surface area contributed by atoms with Crippen LogP contribution in [0.25, 0.3) is 0 Å². The van der Waals surface area contributed by atoms with Crippen LogP contribution in [0, 0.1) is 15.9 Å². The summed E-state index contributed by atoms with van der Waals surface area (Å²) in [5, 5.41) is 11.0. The molecular weight excluding hydrogens is 356 g/mol. The van der Waals surface area contributed by atoms with Crippen molar-refractivity contribution >= 4 is 18.1 Å². The molecular formula is C14H11ClF4N2O3. The Morgan fingerprint density at radius 2 is 1.71 bits per heavy atom. The zero-order chi connectivity index (χ0) is 17.2. The smallest absolute Gasteiger partial charge is 0.406 e. The second-order valence-electron chi connectivity index (χ2n) is 4.55. The SMILES string of the molecule is Cl.N[C@@H](c1ccc(OC(F)(F)F)cc1)c1ccc(F)cc1[N+](=O)[O-]. The number of hydrogen-bond acceptors (Lipinski definition) is 4. The van der Waals surface area contributed by atoms with Gasteiger partial charge in [-0.25, -0.2) is 4.39 Å². The lowest BCUT2D eigenvalue weighted by Crippen LogP contribution is -2.17. The van der Waals surface area contributed by atoms with Gasteiger partial charge in [0.1, 0.15) is 11.6 Å². The third-order valence-electron chi connectivity index (χ3n) is 3.00. The number of benzene rings is 2. The molecule has 0 fully saturated rings. The number of ether oxygens (including phenoxy) is 1. The van der Waals surface area contributed by atoms with E-state index in [0.29, 0.717) is 5.56 Å². The fourth-order valence-electron chi connectivity index (χ4n) is 1.99. The van der Waals surface area contributed by atoms with Crippen LogP contribution in [0.3, 0.4) is 0 Å². The molecule has 2 rings (SSSR count). The summed E-state index contributed by atoms with van der Waals surface area (Å²) < 4.78 is 53.1. The summed E-state index contributed by atoms with van der Waals surface area (Å²) in [5.74, 6) is -1.23. The van der Waals surface area contributed by atoms with E-state index in [1.165, 1.54) is 12.1 Å². The molecule has 0 aliphatic heterocycles. The van der Waals surface area contributed by atoms with Gasteiger partial charge in [0.2, 0.25) is 0 Å². The van der Waals surface area contributed by atoms with Crippen LogP contribution in [-0.4, -0.2) is 11.3 Å². The van der Waals surface area contributed by atoms with Crippen molar-refractivity contribution in [2.45, 2.75) is 12.4 Å². The van der Waals surface area contributed by atoms with Crippen LogP contribution in [-0.2, 0) is 0 Å². The zero-order valence-corrected chi connectivity index (χ0v) is 12.6. The molecule has 10 heteroatoms. The molecule has 2 N–H and O–H groups in total. The molecule has 0 saturated heterocycles. The molecule has 130 valence electrons. The maximum atomic E-state index is 13.1. The van der Waals surface area contributed by atoms with Gasteiger partial charge in [-0.05, 0) is 29.8 Å². The topological polar surface area (TPSA) is 78.4 Å². The van der Waals surface area contributed by atoms with E-state index in [9.17, 15) is 27.7 Å². The normalized spacial score (nSPS) is 12.2. The lowest BCUT2D eigenvalue weighted by atomic mass is 9.98. The lowest BCUT2D eigenvalue weighted by Gasteiger charge is -2.14. The third-order valence-corrected chi connectivity index (χ3v) is 3.00. The first-order valence-corrected chi connectivity index (χ1v) is 6.22. The van der Waals surface area contributed by atoms with E-state index >= 15 is 0 Å². The number of nitrogens with two attached hydrogens (primary N) is 1. The van der Waals surface area contributed by atoms with Gasteiger partial charge in [0.05, 0.1) is 22.6 Å². The molecule has 0 unspecified atom stereocenters. The van der Waals surface area contributed by atoms with Crippen LogP contribution in [0.1, 0.15) is 17.2 Å². The highest BCUT2D eigenvalue weighted by Crippen LogP contribution is 2.30. The van der Waals surface area contributed by atoms with E-state index in [1.54, 1.807) is 0 Å². The molecule has 0 spiro atoms. The first-order chi connectivity index (χ1) is 10.7. The molecule has 0 aliphatic rings. The van der Waals surface area contributed by atoms with Gasteiger partial charge >= 0.3 is 6.36 Å². The van der Waals surface area contributed by atoms with Crippen molar-refractivity contribution in [2.75, 3.05) is 0 Å². The average molecular weight is 367 g/mol. The van der Waals surface area contributed by atoms with Gasteiger partial charge in [0.15, 0.2) is 0 Å². The Bertz CT molecular complexity index is 723. The number of alkyl halides is 3. The second kappa shape index (κ2) is 7.45. The molecule has 2 aromatic rings. The van der Waals surface area contributed by atoms with Crippen molar-refractivity contribution in [1.29, 1.82) is 0 Å². The van der Waals surface area contributed by atoms with Gasteiger partial charge in [-0.3, -0.25) is 10.1 Å². The summed E-state index contributed by atoms with van der Waals surface area (Å²) >= 11 is 0. The number of hydrogen-bond donors (Lipinski definition) is 1. The number of nitro benzene ring substituents is 1. The molecule has 0 aliphatic carbocycles. The van der Waals surface area contributed by atoms with Gasteiger partial charge in [-0.2, -0.15) is 0 Å². The third kappa shape index (κ3) is 4.80. The summed E-state index contributed by atoms with van der Waals surface area (Å²) in [6.07, 6.45) is -4.82. The van der Waals surface area contributed by atoms with E-state index in [0.717, 1.165) is 30.3 Å². The fourth-order valence-corrected chi connectivity index (χ4v) is 1.99. The Morgan fingerprint density at radius 1 is 1.12 bits per heavy atom. The summed E-state index contributed by atoms with van der Waals surface area (Å²) in [7, 11) is 0. The first-order valence-electron chi connectivity index (χ1n) is 6.22. The molecule has 0 heterocycles. The summed E-state index contributed by atoms with van der Waals surface area (Å²) in [6.45, 7) is 0. The summed E-state index contributed by atoms with van der Waals surface area (Å²) in [4.78, 5) is 10.2. The number of nitro groups is 1. The quantitative estimate of drug-likeness (QED) is 0.502. The predicted octanol–water partition coefficient (Wildman–Crippen LogP) is 4.10. The predicted molar refractivity (Wildman–Crippen MR) is 79.5 cm³/mol. The molecule has 24 heavy (non-hydrogen) atoms. The minimum atomic E-state index is -4.82. The molecule has 0 amide bonds. The Kier molecular flexibility index (Phi) is 6.10. The maximum Gasteiger partial charge on any atom is 0.573 e. The molecule has 0 radical (unpaired) electrons. The highest BCUT2D eigenvalue weighted by Gasteiger charge is 2.31. The van der Waals surface area contributed by atoms with Gasteiger partial charge in [-0.15, -0.1) is 25.6 Å². The lowest BCUT2D eigenvalue weighted by molar-refractivity contribution is -0.385. The molecule has 0 bridgehead atoms. The van der Waals surface area contributed by atoms with Crippen LogP contribution in [0.5, 0.6) is 5.75 Å². The van der Waals surface area contributed by atoms with E-state index in [4.69, 9.17) is 5.73 Å². The van der Waals surface area contributed by atoms with E-state index < -0.39 is 34.6 Å². The van der Waals surface area contributed by atoms with Gasteiger partial charge in [0, 0.05) is 0 Å². The van der Waals surface area contributed by atoms with E-state index in [2.05, 4.69) is 4.74 Å². The zero-order valence-electron chi connectivity index (χ0n) is 11.8. The molecule has 0 aromatic heterocycles. The Hall–Kier alpha value is -2.39. The summed E-state index contributed by atoms with van der Waals surface area (Å²) in [5.41, 5.74) is 5.74. The molecule has 0 saturated carbocycles. The van der Waals surface area contributed by atoms with Gasteiger partial charge in [-0.1, -0.05) is 12.1 Å². The van der Waals surface area contributed by atoms with E-state index in [1.807, 2.05) is 0 Å². The maximum absolute atomic E-state index is 13.1. The van der Waals surface area contributed by atoms with Gasteiger partial charge in [0.25, 0.3) is 5.69 Å². The minimum absolute atomic E-state index is 0. The van der Waals surface area contributed by atoms with Gasteiger partial charge < -0.3 is 10.5 Å². The summed E-state index contributed by atoms with van der Waals surface area (Å²) in [6, 6.07) is 6.49. The Labute approximate surface area is 139 Å². The Morgan fingerprint density at radius 3 is 2.21 bits per heavy atom. The first kappa shape index (κ1) is 19.7. The standard InChI is InChI=1S/C14H10F4N2O3.ClH/c15-9-3-6-11(12(7-9)20(21)22)13(19)8-1-4-10(5-2-8)23-14(16,17)18;/h1-7,13H,19H2;1H/t13-;/m0./s1. The monoisotopic (exact) mass is 366 g/mol. The largest absolute Gasteiger partial charge is 0.573 e. The van der Waals surface area contributed by atoms with Crippen molar-refractivity contribution in [3.05, 3.63) is 69.5 Å². The fraction of sp³-hybridized carbons (Fsp3) is 0.143. The number of rotatable bonds is 4. The highest BCUT2D eigenvalue weighted by atomic mass is 35.5. The van der Waals surface area contributed by atoms with E-state index in [-0.39, 0.29) is 18.0 Å². The number of nitrogens with zero attached hydrogens (tertiary/aromatic N) is 1. The number of halogens is 5. The van der Waals surface area contributed by atoms with Crippen molar-refractivity contribution in [2.24, 2.45) is 5.73 Å². The van der Waals surface area contributed by atoms with Crippen molar-refractivity contribution in [3.8, 4) is 5.75 Å². The highest BCUT2D eigenvalue weighted by molar-refractivity contribution is 5.85. The second-order valence-corrected chi connectivity index (χ2v) is 4.55. The van der Waals surface area contributed by atoms with Crippen molar-refractivity contribution in [1.82, 2.24) is 0 Å². The molecule has 1 atom stereocenters. The van der Waals surface area contributed by atoms with Crippen LogP contribution in [0.15, 0.2) is 42.5 Å².